The first-order valence-corrected chi connectivity index (χ1v) is 7.83. The number of nitrogens with zero attached hydrogens (tertiary/aromatic N) is 1. The van der Waals surface area contributed by atoms with E-state index in [1.54, 1.807) is 13.0 Å². The normalized spacial score (nSPS) is 13.1. The molecule has 0 spiro atoms. The molecule has 4 nitrogen and oxygen atoms in total. The van der Waals surface area contributed by atoms with Crippen molar-refractivity contribution < 1.29 is 14.6 Å². The van der Waals surface area contributed by atoms with Crippen molar-refractivity contribution >= 4 is 5.97 Å². The molecule has 0 radical (unpaired) electrons. The number of hydrogen-bond donors (Lipinski definition) is 1. The van der Waals surface area contributed by atoms with E-state index in [1.807, 2.05) is 6.92 Å². The van der Waals surface area contributed by atoms with Gasteiger partial charge < -0.3 is 9.84 Å². The lowest BCUT2D eigenvalue weighted by Crippen LogP contribution is -2.35. The molecule has 0 aromatic carbocycles. The molecule has 0 saturated heterocycles. The number of hydrogen-bond acceptors (Lipinski definition) is 4. The van der Waals surface area contributed by atoms with Crippen molar-refractivity contribution in [3.63, 3.8) is 0 Å². The summed E-state index contributed by atoms with van der Waals surface area (Å²) in [6, 6.07) is 0. The van der Waals surface area contributed by atoms with E-state index in [4.69, 9.17) is 4.74 Å². The molecule has 1 unspecified atom stereocenters. The van der Waals surface area contributed by atoms with Crippen LogP contribution in [0, 0.1) is 0 Å². The highest BCUT2D eigenvalue weighted by Gasteiger charge is 2.10. The maximum atomic E-state index is 11.2. The molecule has 118 valence electrons. The Morgan fingerprint density at radius 3 is 2.60 bits per heavy atom. The van der Waals surface area contributed by atoms with E-state index in [0.717, 1.165) is 19.4 Å². The Labute approximate surface area is 123 Å². The van der Waals surface area contributed by atoms with Crippen LogP contribution in [0.2, 0.25) is 0 Å². The van der Waals surface area contributed by atoms with Gasteiger partial charge in [0.15, 0.2) is 0 Å². The van der Waals surface area contributed by atoms with E-state index in [0.29, 0.717) is 19.7 Å². The summed E-state index contributed by atoms with van der Waals surface area (Å²) in [5.74, 6) is -0.297. The number of ether oxygens (including phenoxy) is 1. The summed E-state index contributed by atoms with van der Waals surface area (Å²) in [4.78, 5) is 13.4. The minimum atomic E-state index is -0.299. The van der Waals surface area contributed by atoms with Gasteiger partial charge in [0.25, 0.3) is 0 Å². The van der Waals surface area contributed by atoms with Crippen LogP contribution in [0.4, 0.5) is 0 Å². The monoisotopic (exact) mass is 285 g/mol. The summed E-state index contributed by atoms with van der Waals surface area (Å²) in [6.07, 6.45) is 8.37. The molecule has 0 heterocycles. The third-order valence-corrected chi connectivity index (χ3v) is 3.22. The van der Waals surface area contributed by atoms with Crippen molar-refractivity contribution in [3.8, 4) is 0 Å². The average molecular weight is 285 g/mol. The SMILES string of the molecule is C/C=C/C(=O)OCCN(CCCCCC)CC(O)CC. The standard InChI is InChI=1S/C16H31NO3/c1-4-7-8-9-11-17(14-15(18)6-3)12-13-20-16(19)10-5-2/h5,10,15,18H,4,6-9,11-14H2,1-3H3/b10-5+. The summed E-state index contributed by atoms with van der Waals surface area (Å²) in [5.41, 5.74) is 0. The smallest absolute Gasteiger partial charge is 0.330 e. The van der Waals surface area contributed by atoms with E-state index in [9.17, 15) is 9.90 Å². The fourth-order valence-corrected chi connectivity index (χ4v) is 1.94. The number of aliphatic hydroxyl groups excluding tert-OH is 1. The third kappa shape index (κ3) is 11.0. The molecule has 0 rings (SSSR count). The van der Waals surface area contributed by atoms with Crippen LogP contribution in [-0.4, -0.2) is 48.3 Å². The zero-order valence-corrected chi connectivity index (χ0v) is 13.3. The lowest BCUT2D eigenvalue weighted by molar-refractivity contribution is -0.138. The molecule has 0 aromatic heterocycles. The van der Waals surface area contributed by atoms with Crippen molar-refractivity contribution in [3.05, 3.63) is 12.2 Å². The molecular formula is C16H31NO3. The largest absolute Gasteiger partial charge is 0.461 e. The van der Waals surface area contributed by atoms with Crippen molar-refractivity contribution in [2.75, 3.05) is 26.2 Å². The molecule has 0 saturated carbocycles. The Kier molecular flexibility index (Phi) is 12.6. The van der Waals surface area contributed by atoms with Gasteiger partial charge in [-0.3, -0.25) is 4.90 Å². The zero-order chi connectivity index (χ0) is 15.2. The van der Waals surface area contributed by atoms with Crippen LogP contribution < -0.4 is 0 Å². The highest BCUT2D eigenvalue weighted by molar-refractivity contribution is 5.81. The Hall–Kier alpha value is -0.870. The van der Waals surface area contributed by atoms with Crippen molar-refractivity contribution in [2.45, 2.75) is 59.0 Å². The van der Waals surface area contributed by atoms with Crippen LogP contribution >= 0.6 is 0 Å². The number of aliphatic hydroxyl groups is 1. The number of unbranched alkanes of at least 4 members (excludes halogenated alkanes) is 3. The number of rotatable bonds is 12. The molecule has 0 aromatic rings. The zero-order valence-electron chi connectivity index (χ0n) is 13.3. The summed E-state index contributed by atoms with van der Waals surface area (Å²) in [5, 5.41) is 9.76. The summed E-state index contributed by atoms with van der Waals surface area (Å²) >= 11 is 0. The highest BCUT2D eigenvalue weighted by atomic mass is 16.5. The molecule has 1 N–H and O–H groups in total. The molecule has 0 aliphatic carbocycles. The topological polar surface area (TPSA) is 49.8 Å². The second-order valence-electron chi connectivity index (χ2n) is 5.09. The molecule has 20 heavy (non-hydrogen) atoms. The molecule has 0 bridgehead atoms. The highest BCUT2D eigenvalue weighted by Crippen LogP contribution is 2.03. The van der Waals surface area contributed by atoms with Gasteiger partial charge in [-0.25, -0.2) is 4.79 Å². The van der Waals surface area contributed by atoms with Gasteiger partial charge in [-0.05, 0) is 26.3 Å². The molecule has 0 fully saturated rings. The third-order valence-electron chi connectivity index (χ3n) is 3.22. The van der Waals surface area contributed by atoms with Gasteiger partial charge in [0.1, 0.15) is 6.61 Å². The second-order valence-corrected chi connectivity index (χ2v) is 5.09. The van der Waals surface area contributed by atoms with Crippen LogP contribution in [0.1, 0.15) is 52.9 Å². The fourth-order valence-electron chi connectivity index (χ4n) is 1.94. The first-order valence-electron chi connectivity index (χ1n) is 7.83. The average Bonchev–Trinajstić information content (AvgIpc) is 2.43. The summed E-state index contributed by atoms with van der Waals surface area (Å²) in [7, 11) is 0. The van der Waals surface area contributed by atoms with Crippen molar-refractivity contribution in [1.29, 1.82) is 0 Å². The minimum absolute atomic E-state index is 0.297. The summed E-state index contributed by atoms with van der Waals surface area (Å²) < 4.78 is 5.11. The predicted octanol–water partition coefficient (Wildman–Crippen LogP) is 2.76. The Bertz CT molecular complexity index is 266. The fraction of sp³-hybridized carbons (Fsp3) is 0.812. The van der Waals surface area contributed by atoms with E-state index in [1.165, 1.54) is 25.3 Å². The lowest BCUT2D eigenvalue weighted by Gasteiger charge is -2.24. The molecule has 0 amide bonds. The van der Waals surface area contributed by atoms with Gasteiger partial charge >= 0.3 is 5.97 Å². The maximum Gasteiger partial charge on any atom is 0.330 e. The molecular weight excluding hydrogens is 254 g/mol. The summed E-state index contributed by atoms with van der Waals surface area (Å²) in [6.45, 7) is 8.64. The Morgan fingerprint density at radius 2 is 2.00 bits per heavy atom. The van der Waals surface area contributed by atoms with Gasteiger partial charge in [-0.2, -0.15) is 0 Å². The van der Waals surface area contributed by atoms with Crippen LogP contribution in [0.25, 0.3) is 0 Å². The van der Waals surface area contributed by atoms with E-state index < -0.39 is 0 Å². The van der Waals surface area contributed by atoms with Crippen LogP contribution in [0.15, 0.2) is 12.2 Å². The van der Waals surface area contributed by atoms with Gasteiger partial charge in [0.2, 0.25) is 0 Å². The van der Waals surface area contributed by atoms with E-state index in [2.05, 4.69) is 11.8 Å². The maximum absolute atomic E-state index is 11.2. The number of allylic oxidation sites excluding steroid dienone is 1. The number of carbonyl (C=O) groups excluding carboxylic acids is 1. The van der Waals surface area contributed by atoms with Crippen LogP contribution in [-0.2, 0) is 9.53 Å². The van der Waals surface area contributed by atoms with Gasteiger partial charge in [-0.15, -0.1) is 0 Å². The van der Waals surface area contributed by atoms with E-state index >= 15 is 0 Å². The molecule has 1 atom stereocenters. The van der Waals surface area contributed by atoms with Crippen LogP contribution in [0.5, 0.6) is 0 Å². The quantitative estimate of drug-likeness (QED) is 0.340. The predicted molar refractivity (Wildman–Crippen MR) is 82.7 cm³/mol. The Morgan fingerprint density at radius 1 is 1.25 bits per heavy atom. The van der Waals surface area contributed by atoms with E-state index in [-0.39, 0.29) is 12.1 Å². The minimum Gasteiger partial charge on any atom is -0.461 e. The molecule has 0 aliphatic heterocycles. The number of esters is 1. The van der Waals surface area contributed by atoms with Gasteiger partial charge in [0.05, 0.1) is 6.10 Å². The first-order chi connectivity index (χ1) is 9.63. The lowest BCUT2D eigenvalue weighted by atomic mass is 10.2. The van der Waals surface area contributed by atoms with Crippen LogP contribution in [0.3, 0.4) is 0 Å². The number of carbonyl (C=O) groups is 1. The molecule has 0 aliphatic rings. The van der Waals surface area contributed by atoms with Crippen molar-refractivity contribution in [1.82, 2.24) is 4.90 Å². The van der Waals surface area contributed by atoms with Gasteiger partial charge in [0, 0.05) is 19.2 Å². The van der Waals surface area contributed by atoms with Gasteiger partial charge in [-0.1, -0.05) is 39.2 Å². The second kappa shape index (κ2) is 13.1. The first kappa shape index (κ1) is 19.1. The Balaban J connectivity index is 3.99. The molecule has 4 heteroatoms. The van der Waals surface area contributed by atoms with Crippen molar-refractivity contribution in [2.24, 2.45) is 0 Å².